The molecule has 0 aliphatic carbocycles. The van der Waals surface area contributed by atoms with Crippen molar-refractivity contribution in [1.82, 2.24) is 20.4 Å². The summed E-state index contributed by atoms with van der Waals surface area (Å²) in [5, 5.41) is 10.9. The molecular weight excluding hydrogens is 457 g/mol. The zero-order chi connectivity index (χ0) is 18.6. The van der Waals surface area contributed by atoms with Crippen molar-refractivity contribution >= 4 is 29.9 Å². The van der Waals surface area contributed by atoms with E-state index in [0.717, 1.165) is 36.8 Å². The SMILES string of the molecule is CN=C(NCCCn1cccn1)NCc1ccc(C)cc1OCCOC.I. The van der Waals surface area contributed by atoms with Gasteiger partial charge in [-0.25, -0.2) is 0 Å². The third-order valence-corrected chi connectivity index (χ3v) is 3.85. The van der Waals surface area contributed by atoms with E-state index >= 15 is 0 Å². The van der Waals surface area contributed by atoms with E-state index in [4.69, 9.17) is 9.47 Å². The first-order chi connectivity index (χ1) is 12.7. The average Bonchev–Trinajstić information content (AvgIpc) is 3.16. The third kappa shape index (κ3) is 8.61. The largest absolute Gasteiger partial charge is 0.491 e. The Morgan fingerprint density at radius 1 is 1.26 bits per heavy atom. The monoisotopic (exact) mass is 487 g/mol. The van der Waals surface area contributed by atoms with Crippen molar-refractivity contribution in [2.75, 3.05) is 33.9 Å². The molecule has 150 valence electrons. The van der Waals surface area contributed by atoms with Crippen LogP contribution < -0.4 is 15.4 Å². The second-order valence-electron chi connectivity index (χ2n) is 5.93. The van der Waals surface area contributed by atoms with Gasteiger partial charge in [0.15, 0.2) is 5.96 Å². The van der Waals surface area contributed by atoms with Crippen LogP contribution in [0.15, 0.2) is 41.7 Å². The van der Waals surface area contributed by atoms with Gasteiger partial charge < -0.3 is 20.1 Å². The van der Waals surface area contributed by atoms with Crippen LogP contribution in [0.2, 0.25) is 0 Å². The minimum Gasteiger partial charge on any atom is -0.491 e. The highest BCUT2D eigenvalue weighted by Gasteiger charge is 2.06. The minimum absolute atomic E-state index is 0. The molecule has 0 atom stereocenters. The quantitative estimate of drug-likeness (QED) is 0.233. The van der Waals surface area contributed by atoms with Crippen molar-refractivity contribution in [2.24, 2.45) is 4.99 Å². The van der Waals surface area contributed by atoms with Gasteiger partial charge in [0.2, 0.25) is 0 Å². The average molecular weight is 487 g/mol. The van der Waals surface area contributed by atoms with Crippen molar-refractivity contribution in [2.45, 2.75) is 26.4 Å². The van der Waals surface area contributed by atoms with Gasteiger partial charge in [0, 0.05) is 51.7 Å². The maximum Gasteiger partial charge on any atom is 0.191 e. The normalized spacial score (nSPS) is 11.0. The number of benzene rings is 1. The number of halogens is 1. The third-order valence-electron chi connectivity index (χ3n) is 3.85. The predicted molar refractivity (Wildman–Crippen MR) is 119 cm³/mol. The highest BCUT2D eigenvalue weighted by molar-refractivity contribution is 14.0. The number of nitrogens with one attached hydrogen (secondary N) is 2. The van der Waals surface area contributed by atoms with Crippen molar-refractivity contribution < 1.29 is 9.47 Å². The number of aromatic nitrogens is 2. The molecule has 0 unspecified atom stereocenters. The molecule has 27 heavy (non-hydrogen) atoms. The topological polar surface area (TPSA) is 72.7 Å². The Bertz CT molecular complexity index is 677. The molecule has 8 heteroatoms. The van der Waals surface area contributed by atoms with Crippen molar-refractivity contribution in [1.29, 1.82) is 0 Å². The molecule has 2 rings (SSSR count). The molecule has 0 aliphatic rings. The lowest BCUT2D eigenvalue weighted by Crippen LogP contribution is -2.37. The Morgan fingerprint density at radius 2 is 2.11 bits per heavy atom. The molecular formula is C19H30IN5O2. The number of methoxy groups -OCH3 is 1. The smallest absolute Gasteiger partial charge is 0.191 e. The Morgan fingerprint density at radius 3 is 2.81 bits per heavy atom. The van der Waals surface area contributed by atoms with Gasteiger partial charge in [0.25, 0.3) is 0 Å². The number of guanidine groups is 1. The number of hydrogen-bond donors (Lipinski definition) is 2. The van der Waals surface area contributed by atoms with Crippen LogP contribution in [0, 0.1) is 6.92 Å². The molecule has 0 saturated heterocycles. The first-order valence-corrected chi connectivity index (χ1v) is 8.86. The summed E-state index contributed by atoms with van der Waals surface area (Å²) in [5.74, 6) is 1.65. The Labute approximate surface area is 178 Å². The summed E-state index contributed by atoms with van der Waals surface area (Å²) in [6, 6.07) is 8.14. The van der Waals surface area contributed by atoms with Gasteiger partial charge in [-0.2, -0.15) is 5.10 Å². The number of aryl methyl sites for hydroxylation is 2. The fourth-order valence-electron chi connectivity index (χ4n) is 2.46. The number of hydrogen-bond acceptors (Lipinski definition) is 4. The number of aliphatic imine (C=N–C) groups is 1. The highest BCUT2D eigenvalue weighted by Crippen LogP contribution is 2.20. The molecule has 0 fully saturated rings. The summed E-state index contributed by atoms with van der Waals surface area (Å²) in [6.45, 7) is 5.51. The molecule has 2 N–H and O–H groups in total. The van der Waals surface area contributed by atoms with Gasteiger partial charge in [0.05, 0.1) is 6.61 Å². The fraction of sp³-hybridized carbons (Fsp3) is 0.474. The van der Waals surface area contributed by atoms with Crippen LogP contribution in [-0.4, -0.2) is 49.7 Å². The summed E-state index contributed by atoms with van der Waals surface area (Å²) in [6.07, 6.45) is 4.73. The van der Waals surface area contributed by atoms with Crippen molar-refractivity contribution in [3.8, 4) is 5.75 Å². The van der Waals surface area contributed by atoms with Crippen molar-refractivity contribution in [3.63, 3.8) is 0 Å². The minimum atomic E-state index is 0. The van der Waals surface area contributed by atoms with E-state index in [0.29, 0.717) is 19.8 Å². The van der Waals surface area contributed by atoms with Crippen LogP contribution in [0.25, 0.3) is 0 Å². The highest BCUT2D eigenvalue weighted by atomic mass is 127. The van der Waals surface area contributed by atoms with E-state index in [-0.39, 0.29) is 24.0 Å². The maximum atomic E-state index is 5.83. The van der Waals surface area contributed by atoms with E-state index in [1.807, 2.05) is 23.0 Å². The molecule has 1 aromatic carbocycles. The van der Waals surface area contributed by atoms with E-state index in [1.54, 1.807) is 20.4 Å². The van der Waals surface area contributed by atoms with Crippen LogP contribution in [0.3, 0.4) is 0 Å². The zero-order valence-electron chi connectivity index (χ0n) is 16.3. The maximum absolute atomic E-state index is 5.83. The first-order valence-electron chi connectivity index (χ1n) is 8.86. The molecule has 0 saturated carbocycles. The van der Waals surface area contributed by atoms with Gasteiger partial charge in [-0.1, -0.05) is 12.1 Å². The molecule has 7 nitrogen and oxygen atoms in total. The molecule has 0 bridgehead atoms. The number of ether oxygens (including phenoxy) is 2. The summed E-state index contributed by atoms with van der Waals surface area (Å²) in [5.41, 5.74) is 2.26. The van der Waals surface area contributed by atoms with Crippen LogP contribution in [0.4, 0.5) is 0 Å². The van der Waals surface area contributed by atoms with Gasteiger partial charge in [-0.15, -0.1) is 24.0 Å². The summed E-state index contributed by atoms with van der Waals surface area (Å²) < 4.78 is 12.8. The Balaban J connectivity index is 0.00000364. The first kappa shape index (κ1) is 23.2. The lowest BCUT2D eigenvalue weighted by molar-refractivity contribution is 0.145. The summed E-state index contributed by atoms with van der Waals surface area (Å²) in [7, 11) is 3.44. The van der Waals surface area contributed by atoms with Crippen LogP contribution in [0.5, 0.6) is 5.75 Å². The molecule has 1 heterocycles. The lowest BCUT2D eigenvalue weighted by Gasteiger charge is -2.15. The van der Waals surface area contributed by atoms with E-state index in [9.17, 15) is 0 Å². The van der Waals surface area contributed by atoms with Crippen LogP contribution in [0.1, 0.15) is 17.5 Å². The van der Waals surface area contributed by atoms with E-state index in [1.165, 1.54) is 5.56 Å². The lowest BCUT2D eigenvalue weighted by atomic mass is 10.1. The summed E-state index contributed by atoms with van der Waals surface area (Å²) >= 11 is 0. The Kier molecular flexibility index (Phi) is 11.5. The van der Waals surface area contributed by atoms with Gasteiger partial charge >= 0.3 is 0 Å². The fourth-order valence-corrected chi connectivity index (χ4v) is 2.46. The van der Waals surface area contributed by atoms with Crippen LogP contribution in [-0.2, 0) is 17.8 Å². The van der Waals surface area contributed by atoms with Crippen LogP contribution >= 0.6 is 24.0 Å². The zero-order valence-corrected chi connectivity index (χ0v) is 18.6. The standard InChI is InChI=1S/C19H29N5O2.HI/c1-16-6-7-17(18(14-16)26-13-12-25-3)15-22-19(20-2)21-8-4-10-24-11-5-9-23-24;/h5-7,9,11,14H,4,8,10,12-13,15H2,1-3H3,(H2,20,21,22);1H. The number of nitrogens with zero attached hydrogens (tertiary/aromatic N) is 3. The molecule has 0 spiro atoms. The van der Waals surface area contributed by atoms with E-state index in [2.05, 4.69) is 39.8 Å². The molecule has 2 aromatic rings. The molecule has 0 aliphatic heterocycles. The number of rotatable bonds is 10. The van der Waals surface area contributed by atoms with Gasteiger partial charge in [-0.3, -0.25) is 9.67 Å². The molecule has 1 aromatic heterocycles. The Hall–Kier alpha value is -1.81. The van der Waals surface area contributed by atoms with Gasteiger partial charge in [-0.05, 0) is 31.0 Å². The second kappa shape index (κ2) is 13.4. The van der Waals surface area contributed by atoms with Gasteiger partial charge in [0.1, 0.15) is 12.4 Å². The van der Waals surface area contributed by atoms with Crippen molar-refractivity contribution in [3.05, 3.63) is 47.8 Å². The van der Waals surface area contributed by atoms with E-state index < -0.39 is 0 Å². The predicted octanol–water partition coefficient (Wildman–Crippen LogP) is 2.59. The second-order valence-corrected chi connectivity index (χ2v) is 5.93. The summed E-state index contributed by atoms with van der Waals surface area (Å²) in [4.78, 5) is 4.27. The molecule has 0 amide bonds. The molecule has 0 radical (unpaired) electrons.